The Labute approximate surface area is 125 Å². The van der Waals surface area contributed by atoms with Gasteiger partial charge in [0.15, 0.2) is 0 Å². The first-order chi connectivity index (χ1) is 8.50. The first kappa shape index (κ1) is 16.2. The van der Waals surface area contributed by atoms with Gasteiger partial charge in [-0.3, -0.25) is 0 Å². The number of nitrogens with one attached hydrogen (secondary N) is 1. The normalized spacial score (nSPS) is 11.2. The second-order valence-corrected chi connectivity index (χ2v) is 6.43. The molecule has 2 aromatic rings. The Kier molecular flexibility index (Phi) is 5.53. The number of rotatable bonds is 3. The summed E-state index contributed by atoms with van der Waals surface area (Å²) >= 11 is 1.71. The fourth-order valence-corrected chi connectivity index (χ4v) is 2.63. The molecule has 0 atom stereocenters. The Morgan fingerprint density at radius 1 is 1.16 bits per heavy atom. The Hall–Kier alpha value is -0.900. The fraction of sp³-hybridized carbons (Fsp3) is 0.400. The zero-order valence-corrected chi connectivity index (χ0v) is 13.5. The molecular weight excluding hydrogens is 276 g/mol. The maximum Gasteiger partial charge on any atom is 0.107 e. The van der Waals surface area contributed by atoms with Gasteiger partial charge >= 0.3 is 0 Å². The topological polar surface area (TPSA) is 24.9 Å². The van der Waals surface area contributed by atoms with Gasteiger partial charge in [0.05, 0.1) is 5.69 Å². The first-order valence-corrected chi connectivity index (χ1v) is 7.08. The Morgan fingerprint density at radius 2 is 1.79 bits per heavy atom. The largest absolute Gasteiger partial charge is 0.314 e. The lowest BCUT2D eigenvalue weighted by molar-refractivity contribution is 0.590. The SMILES string of the molecule is CNCc1nc(-c2ccc(C(C)(C)C)cc2)cs1.Cl. The van der Waals surface area contributed by atoms with Crippen LogP contribution in [0.1, 0.15) is 31.3 Å². The summed E-state index contributed by atoms with van der Waals surface area (Å²) in [6, 6.07) is 8.73. The Morgan fingerprint density at radius 3 is 2.32 bits per heavy atom. The van der Waals surface area contributed by atoms with Crippen molar-refractivity contribution in [2.45, 2.75) is 32.7 Å². The van der Waals surface area contributed by atoms with Gasteiger partial charge in [-0.05, 0) is 18.0 Å². The molecular formula is C15H21ClN2S. The van der Waals surface area contributed by atoms with Crippen molar-refractivity contribution in [3.05, 3.63) is 40.2 Å². The number of aromatic nitrogens is 1. The summed E-state index contributed by atoms with van der Waals surface area (Å²) < 4.78 is 0. The molecule has 0 amide bonds. The molecule has 4 heteroatoms. The van der Waals surface area contributed by atoms with Gasteiger partial charge in [0.25, 0.3) is 0 Å². The van der Waals surface area contributed by atoms with Gasteiger partial charge in [-0.2, -0.15) is 0 Å². The van der Waals surface area contributed by atoms with Crippen LogP contribution in [0.15, 0.2) is 29.6 Å². The average molecular weight is 297 g/mol. The van der Waals surface area contributed by atoms with E-state index in [-0.39, 0.29) is 17.8 Å². The van der Waals surface area contributed by atoms with Crippen molar-refractivity contribution in [3.63, 3.8) is 0 Å². The maximum atomic E-state index is 4.62. The van der Waals surface area contributed by atoms with Gasteiger partial charge in [-0.1, -0.05) is 45.0 Å². The third-order valence-corrected chi connectivity index (χ3v) is 3.78. The molecule has 0 unspecified atom stereocenters. The predicted molar refractivity (Wildman–Crippen MR) is 86.3 cm³/mol. The molecule has 0 aliphatic rings. The summed E-state index contributed by atoms with van der Waals surface area (Å²) in [6.07, 6.45) is 0. The summed E-state index contributed by atoms with van der Waals surface area (Å²) in [4.78, 5) is 4.62. The summed E-state index contributed by atoms with van der Waals surface area (Å²) in [5, 5.41) is 6.38. The van der Waals surface area contributed by atoms with Gasteiger partial charge in [0.1, 0.15) is 5.01 Å². The molecule has 0 fully saturated rings. The van der Waals surface area contributed by atoms with Gasteiger partial charge in [-0.25, -0.2) is 4.98 Å². The zero-order valence-electron chi connectivity index (χ0n) is 11.9. The van der Waals surface area contributed by atoms with Crippen molar-refractivity contribution in [1.82, 2.24) is 10.3 Å². The molecule has 2 nitrogen and oxygen atoms in total. The van der Waals surface area contributed by atoms with Crippen LogP contribution in [0.4, 0.5) is 0 Å². The third kappa shape index (κ3) is 4.03. The van der Waals surface area contributed by atoms with E-state index in [1.165, 1.54) is 11.1 Å². The van der Waals surface area contributed by atoms with Crippen LogP contribution in [-0.2, 0) is 12.0 Å². The molecule has 0 saturated heterocycles. The molecule has 1 aromatic carbocycles. The van der Waals surface area contributed by atoms with Crippen LogP contribution in [0.3, 0.4) is 0 Å². The van der Waals surface area contributed by atoms with E-state index >= 15 is 0 Å². The molecule has 104 valence electrons. The quantitative estimate of drug-likeness (QED) is 0.916. The van der Waals surface area contributed by atoms with Crippen molar-refractivity contribution in [1.29, 1.82) is 0 Å². The van der Waals surface area contributed by atoms with Crippen molar-refractivity contribution in [2.75, 3.05) is 7.05 Å². The highest BCUT2D eigenvalue weighted by Crippen LogP contribution is 2.26. The molecule has 1 aromatic heterocycles. The minimum Gasteiger partial charge on any atom is -0.314 e. The molecule has 0 aliphatic heterocycles. The molecule has 0 bridgehead atoms. The van der Waals surface area contributed by atoms with E-state index in [1.807, 2.05) is 7.05 Å². The first-order valence-electron chi connectivity index (χ1n) is 6.20. The van der Waals surface area contributed by atoms with Crippen LogP contribution in [0, 0.1) is 0 Å². The van der Waals surface area contributed by atoms with Crippen LogP contribution in [0.25, 0.3) is 11.3 Å². The summed E-state index contributed by atoms with van der Waals surface area (Å²) in [7, 11) is 1.94. The lowest BCUT2D eigenvalue weighted by Crippen LogP contribution is -2.10. The summed E-state index contributed by atoms with van der Waals surface area (Å²) in [6.45, 7) is 7.53. The molecule has 1 N–H and O–H groups in total. The van der Waals surface area contributed by atoms with E-state index < -0.39 is 0 Å². The highest BCUT2D eigenvalue weighted by molar-refractivity contribution is 7.09. The number of nitrogens with zero attached hydrogens (tertiary/aromatic N) is 1. The lowest BCUT2D eigenvalue weighted by atomic mass is 9.86. The number of hydrogen-bond donors (Lipinski definition) is 1. The minimum atomic E-state index is 0. The van der Waals surface area contributed by atoms with Gasteiger partial charge in [0.2, 0.25) is 0 Å². The van der Waals surface area contributed by atoms with E-state index in [9.17, 15) is 0 Å². The molecule has 0 saturated carbocycles. The van der Waals surface area contributed by atoms with Crippen LogP contribution >= 0.6 is 23.7 Å². The second kappa shape index (κ2) is 6.51. The second-order valence-electron chi connectivity index (χ2n) is 5.48. The van der Waals surface area contributed by atoms with Crippen molar-refractivity contribution < 1.29 is 0 Å². The number of benzene rings is 1. The molecule has 0 radical (unpaired) electrons. The summed E-state index contributed by atoms with van der Waals surface area (Å²) in [5.41, 5.74) is 3.84. The van der Waals surface area contributed by atoms with E-state index in [0.717, 1.165) is 17.2 Å². The smallest absolute Gasteiger partial charge is 0.107 e. The van der Waals surface area contributed by atoms with E-state index in [4.69, 9.17) is 0 Å². The average Bonchev–Trinajstić information content (AvgIpc) is 2.77. The van der Waals surface area contributed by atoms with Crippen molar-refractivity contribution >= 4 is 23.7 Å². The standard InChI is InChI=1S/C15H20N2S.ClH/c1-15(2,3)12-7-5-11(6-8-12)13-10-18-14(17-13)9-16-4;/h5-8,10,16H,9H2,1-4H3;1H. The number of hydrogen-bond acceptors (Lipinski definition) is 3. The minimum absolute atomic E-state index is 0. The third-order valence-electron chi connectivity index (χ3n) is 2.93. The predicted octanol–water partition coefficient (Wildman–Crippen LogP) is 4.25. The van der Waals surface area contributed by atoms with E-state index in [0.29, 0.717) is 0 Å². The molecule has 19 heavy (non-hydrogen) atoms. The number of thiazole rings is 1. The van der Waals surface area contributed by atoms with Crippen LogP contribution in [0.2, 0.25) is 0 Å². The lowest BCUT2D eigenvalue weighted by Gasteiger charge is -2.18. The molecule has 2 rings (SSSR count). The van der Waals surface area contributed by atoms with Gasteiger partial charge < -0.3 is 5.32 Å². The van der Waals surface area contributed by atoms with E-state index in [2.05, 4.69) is 60.7 Å². The fourth-order valence-electron chi connectivity index (χ4n) is 1.82. The molecule has 0 spiro atoms. The monoisotopic (exact) mass is 296 g/mol. The maximum absolute atomic E-state index is 4.62. The van der Waals surface area contributed by atoms with Crippen molar-refractivity contribution in [2.24, 2.45) is 0 Å². The van der Waals surface area contributed by atoms with Gasteiger partial charge in [-0.15, -0.1) is 23.7 Å². The van der Waals surface area contributed by atoms with Crippen LogP contribution in [0.5, 0.6) is 0 Å². The van der Waals surface area contributed by atoms with E-state index in [1.54, 1.807) is 11.3 Å². The zero-order chi connectivity index (χ0) is 13.2. The highest BCUT2D eigenvalue weighted by atomic mass is 35.5. The summed E-state index contributed by atoms with van der Waals surface area (Å²) in [5.74, 6) is 0. The van der Waals surface area contributed by atoms with Crippen LogP contribution in [-0.4, -0.2) is 12.0 Å². The molecule has 0 aliphatic carbocycles. The Bertz CT molecular complexity index is 512. The highest BCUT2D eigenvalue weighted by Gasteiger charge is 2.13. The molecule has 1 heterocycles. The number of halogens is 1. The van der Waals surface area contributed by atoms with Gasteiger partial charge in [0, 0.05) is 17.5 Å². The van der Waals surface area contributed by atoms with Crippen molar-refractivity contribution in [3.8, 4) is 11.3 Å². The van der Waals surface area contributed by atoms with Crippen LogP contribution < -0.4 is 5.32 Å². The Balaban J connectivity index is 0.00000180.